The van der Waals surface area contributed by atoms with Gasteiger partial charge in [-0.3, -0.25) is 4.57 Å². The monoisotopic (exact) mass is 446 g/mol. The van der Waals surface area contributed by atoms with Crippen molar-refractivity contribution < 1.29 is 0 Å². The normalized spacial score (nSPS) is 11.2. The van der Waals surface area contributed by atoms with Gasteiger partial charge in [-0.25, -0.2) is 4.98 Å². The van der Waals surface area contributed by atoms with Crippen molar-refractivity contribution in [1.82, 2.24) is 9.55 Å². The molecule has 0 radical (unpaired) electrons. The number of nitrogens with two attached hydrogens (primary N) is 2. The lowest BCUT2D eigenvalue weighted by Gasteiger charge is -2.11. The van der Waals surface area contributed by atoms with E-state index in [1.165, 1.54) is 5.56 Å². The molecule has 4 aromatic carbocycles. The van der Waals surface area contributed by atoms with Gasteiger partial charge < -0.3 is 11.5 Å². The molecule has 4 heteroatoms. The van der Waals surface area contributed by atoms with Gasteiger partial charge >= 0.3 is 0 Å². The standard InChI is InChI=1S/C23H21N3.C7H9N/c1-2-8-20(24)17-13-15-19(16-14-17)26-22-12-7-6-11-21(22)25-23(26)18-9-4-3-5-10-18;8-6-7-4-2-1-3-5-7/h3-16H,2,24H2,1H3;1-5H,6,8H2/b20-8-;. The van der Waals surface area contributed by atoms with Crippen LogP contribution in [0, 0.1) is 0 Å². The molecule has 4 nitrogen and oxygen atoms in total. The molecule has 0 aliphatic heterocycles. The molecule has 1 heterocycles. The lowest BCUT2D eigenvalue weighted by molar-refractivity contribution is 1.07. The molecule has 0 aliphatic carbocycles. The van der Waals surface area contributed by atoms with E-state index in [0.29, 0.717) is 6.54 Å². The Labute approximate surface area is 201 Å². The maximum atomic E-state index is 6.13. The first-order valence-corrected chi connectivity index (χ1v) is 11.5. The first-order valence-electron chi connectivity index (χ1n) is 11.5. The van der Waals surface area contributed by atoms with Crippen LogP contribution in [0.25, 0.3) is 33.8 Å². The van der Waals surface area contributed by atoms with Crippen LogP contribution in [0.4, 0.5) is 0 Å². The number of benzene rings is 4. The fourth-order valence-electron chi connectivity index (χ4n) is 3.82. The summed E-state index contributed by atoms with van der Waals surface area (Å²) < 4.78 is 2.20. The zero-order valence-electron chi connectivity index (χ0n) is 19.4. The molecule has 0 atom stereocenters. The third kappa shape index (κ3) is 5.25. The summed E-state index contributed by atoms with van der Waals surface area (Å²) in [6.45, 7) is 2.73. The van der Waals surface area contributed by atoms with E-state index >= 15 is 0 Å². The first kappa shape index (κ1) is 23.0. The molecule has 0 unspecified atom stereocenters. The molecule has 0 amide bonds. The van der Waals surface area contributed by atoms with E-state index in [-0.39, 0.29) is 0 Å². The second kappa shape index (κ2) is 11.1. The highest BCUT2D eigenvalue weighted by Crippen LogP contribution is 2.29. The molecule has 0 saturated carbocycles. The van der Waals surface area contributed by atoms with Crippen molar-refractivity contribution >= 4 is 16.7 Å². The summed E-state index contributed by atoms with van der Waals surface area (Å²) in [7, 11) is 0. The topological polar surface area (TPSA) is 69.9 Å². The van der Waals surface area contributed by atoms with Crippen molar-refractivity contribution in [1.29, 1.82) is 0 Å². The summed E-state index contributed by atoms with van der Waals surface area (Å²) in [5, 5.41) is 0. The minimum absolute atomic E-state index is 0.640. The van der Waals surface area contributed by atoms with Gasteiger partial charge in [0, 0.05) is 23.5 Å². The summed E-state index contributed by atoms with van der Waals surface area (Å²) >= 11 is 0. The Morgan fingerprint density at radius 1 is 0.794 bits per heavy atom. The van der Waals surface area contributed by atoms with Gasteiger partial charge in [0.1, 0.15) is 5.82 Å². The highest BCUT2D eigenvalue weighted by atomic mass is 15.1. The number of hydrogen-bond donors (Lipinski definition) is 2. The number of nitrogens with zero attached hydrogens (tertiary/aromatic N) is 2. The number of para-hydroxylation sites is 2. The predicted molar refractivity (Wildman–Crippen MR) is 143 cm³/mol. The minimum atomic E-state index is 0.640. The number of imidazole rings is 1. The van der Waals surface area contributed by atoms with Crippen LogP contribution >= 0.6 is 0 Å². The van der Waals surface area contributed by atoms with Crippen molar-refractivity contribution in [3.8, 4) is 17.1 Å². The van der Waals surface area contributed by atoms with Gasteiger partial charge in [-0.1, -0.05) is 97.9 Å². The van der Waals surface area contributed by atoms with E-state index in [9.17, 15) is 0 Å². The van der Waals surface area contributed by atoms with E-state index in [1.54, 1.807) is 0 Å². The molecule has 0 saturated heterocycles. The molecule has 34 heavy (non-hydrogen) atoms. The molecule has 170 valence electrons. The van der Waals surface area contributed by atoms with Crippen LogP contribution in [-0.2, 0) is 6.54 Å². The van der Waals surface area contributed by atoms with Crippen LogP contribution in [0.2, 0.25) is 0 Å². The average Bonchev–Trinajstić information content (AvgIpc) is 3.30. The summed E-state index contributed by atoms with van der Waals surface area (Å²) in [5.74, 6) is 0.941. The Hall–Kier alpha value is -4.15. The third-order valence-corrected chi connectivity index (χ3v) is 5.55. The highest BCUT2D eigenvalue weighted by molar-refractivity contribution is 5.83. The van der Waals surface area contributed by atoms with Crippen LogP contribution in [-0.4, -0.2) is 9.55 Å². The highest BCUT2D eigenvalue weighted by Gasteiger charge is 2.13. The largest absolute Gasteiger partial charge is 0.399 e. The van der Waals surface area contributed by atoms with E-state index in [1.807, 2.05) is 66.7 Å². The average molecular weight is 447 g/mol. The second-order valence-corrected chi connectivity index (χ2v) is 7.93. The van der Waals surface area contributed by atoms with Crippen LogP contribution in [0.15, 0.2) is 115 Å². The van der Waals surface area contributed by atoms with Gasteiger partial charge in [-0.05, 0) is 41.8 Å². The number of hydrogen-bond acceptors (Lipinski definition) is 3. The summed E-state index contributed by atoms with van der Waals surface area (Å²) in [5.41, 5.74) is 18.8. The molecular formula is C30H30N4. The molecule has 0 aliphatic rings. The SMILES string of the molecule is CC/C=C(\N)c1ccc(-n2c(-c3ccccc3)nc3ccccc32)cc1.NCc1ccccc1. The zero-order valence-corrected chi connectivity index (χ0v) is 19.4. The maximum Gasteiger partial charge on any atom is 0.145 e. The predicted octanol–water partition coefficient (Wildman–Crippen LogP) is 6.55. The molecule has 1 aromatic heterocycles. The van der Waals surface area contributed by atoms with E-state index in [2.05, 4.69) is 60.0 Å². The third-order valence-electron chi connectivity index (χ3n) is 5.55. The van der Waals surface area contributed by atoms with Gasteiger partial charge in [0.2, 0.25) is 0 Å². The number of allylic oxidation sites excluding steroid dienone is 1. The van der Waals surface area contributed by atoms with Crippen molar-refractivity contribution in [2.45, 2.75) is 19.9 Å². The van der Waals surface area contributed by atoms with Crippen molar-refractivity contribution in [2.75, 3.05) is 0 Å². The fraction of sp³-hybridized carbons (Fsp3) is 0.100. The van der Waals surface area contributed by atoms with E-state index < -0.39 is 0 Å². The lowest BCUT2D eigenvalue weighted by atomic mass is 10.1. The second-order valence-electron chi connectivity index (χ2n) is 7.93. The molecule has 4 N–H and O–H groups in total. The van der Waals surface area contributed by atoms with Gasteiger partial charge in [-0.2, -0.15) is 0 Å². The molecule has 5 aromatic rings. The van der Waals surface area contributed by atoms with E-state index in [4.69, 9.17) is 16.5 Å². The maximum absolute atomic E-state index is 6.13. The number of rotatable bonds is 5. The Morgan fingerprint density at radius 2 is 1.41 bits per heavy atom. The Kier molecular flexibility index (Phi) is 7.53. The summed E-state index contributed by atoms with van der Waals surface area (Å²) in [4.78, 5) is 4.87. The van der Waals surface area contributed by atoms with Crippen molar-refractivity contribution in [3.05, 3.63) is 126 Å². The fourth-order valence-corrected chi connectivity index (χ4v) is 3.82. The number of fused-ring (bicyclic) bond motifs is 1. The molecule has 0 bridgehead atoms. The van der Waals surface area contributed by atoms with Gasteiger partial charge in [0.25, 0.3) is 0 Å². The van der Waals surface area contributed by atoms with Crippen LogP contribution in [0.1, 0.15) is 24.5 Å². The zero-order chi connectivity index (χ0) is 23.8. The molecular weight excluding hydrogens is 416 g/mol. The molecule has 0 fully saturated rings. The smallest absolute Gasteiger partial charge is 0.145 e. The molecule has 5 rings (SSSR count). The van der Waals surface area contributed by atoms with Gasteiger partial charge in [0.15, 0.2) is 0 Å². The van der Waals surface area contributed by atoms with Crippen molar-refractivity contribution in [3.63, 3.8) is 0 Å². The minimum Gasteiger partial charge on any atom is -0.399 e. The van der Waals surface area contributed by atoms with Crippen LogP contribution in [0.5, 0.6) is 0 Å². The molecule has 0 spiro atoms. The Balaban J connectivity index is 0.000000291. The Bertz CT molecular complexity index is 1350. The Morgan fingerprint density at radius 3 is 2.03 bits per heavy atom. The van der Waals surface area contributed by atoms with E-state index in [0.717, 1.165) is 45.8 Å². The van der Waals surface area contributed by atoms with Crippen LogP contribution < -0.4 is 11.5 Å². The first-order chi connectivity index (χ1) is 16.7. The van der Waals surface area contributed by atoms with Crippen molar-refractivity contribution in [2.24, 2.45) is 11.5 Å². The summed E-state index contributed by atoms with van der Waals surface area (Å²) in [6, 6.07) is 36.8. The van der Waals surface area contributed by atoms with Crippen LogP contribution in [0.3, 0.4) is 0 Å². The lowest BCUT2D eigenvalue weighted by Crippen LogP contribution is -2.00. The summed E-state index contributed by atoms with van der Waals surface area (Å²) in [6.07, 6.45) is 2.97. The van der Waals surface area contributed by atoms with Gasteiger partial charge in [0.05, 0.1) is 11.0 Å². The number of aromatic nitrogens is 2. The quantitative estimate of drug-likeness (QED) is 0.322. The van der Waals surface area contributed by atoms with Gasteiger partial charge in [-0.15, -0.1) is 0 Å².